The molecule has 0 aromatic carbocycles. The van der Waals surface area contributed by atoms with Gasteiger partial charge in [0.1, 0.15) is 17.2 Å². The smallest absolute Gasteiger partial charge is 0.190 e. The second kappa shape index (κ2) is 6.70. The van der Waals surface area contributed by atoms with Gasteiger partial charge in [0.15, 0.2) is 5.16 Å². The number of nitrogens with zero attached hydrogens (tertiary/aromatic N) is 2. The third-order valence-corrected chi connectivity index (χ3v) is 5.81. The largest absolute Gasteiger partial charge is 0.391 e. The fourth-order valence-corrected chi connectivity index (χ4v) is 4.53. The minimum Gasteiger partial charge on any atom is -0.391 e. The maximum atomic E-state index is 9.83. The van der Waals surface area contributed by atoms with Gasteiger partial charge in [-0.3, -0.25) is 0 Å². The lowest BCUT2D eigenvalue weighted by atomic mass is 10.1. The summed E-state index contributed by atoms with van der Waals surface area (Å²) in [5.74, 6) is 0.888. The topological polar surface area (TPSA) is 62.5 Å². The van der Waals surface area contributed by atoms with E-state index in [0.29, 0.717) is 6.54 Å². The molecule has 0 bridgehead atoms. The number of thiophene rings is 1. The molecular formula is C15H23N4OS2+. The van der Waals surface area contributed by atoms with Gasteiger partial charge < -0.3 is 15.3 Å². The number of fused-ring (bicyclic) bond motifs is 3. The van der Waals surface area contributed by atoms with Crippen molar-refractivity contribution in [1.29, 1.82) is 0 Å². The molecular weight excluding hydrogens is 316 g/mol. The Bertz CT molecular complexity index is 673. The van der Waals surface area contributed by atoms with Gasteiger partial charge in [-0.1, -0.05) is 18.7 Å². The van der Waals surface area contributed by atoms with E-state index in [9.17, 15) is 5.11 Å². The monoisotopic (exact) mass is 339 g/mol. The summed E-state index contributed by atoms with van der Waals surface area (Å²) in [4.78, 5) is 13.4. The highest BCUT2D eigenvalue weighted by molar-refractivity contribution is 7.98. The maximum absolute atomic E-state index is 9.83. The molecule has 7 heteroatoms. The van der Waals surface area contributed by atoms with Crippen molar-refractivity contribution in [3.8, 4) is 0 Å². The maximum Gasteiger partial charge on any atom is 0.190 e. The number of hydrogen-bond acceptors (Lipinski definition) is 6. The second-order valence-corrected chi connectivity index (χ2v) is 7.68. The van der Waals surface area contributed by atoms with Crippen molar-refractivity contribution in [3.05, 3.63) is 10.4 Å². The standard InChI is InChI=1S/C15H22N4OS2/c1-4-9(20)7-16-13-12-10-5-6-19(2)8-11(10)22-14(12)18-15(17-13)21-3/h9,20H,4-8H2,1-3H3,(H,16,17,18)/p+1/t9-/m1/s1. The fourth-order valence-electron chi connectivity index (χ4n) is 2.77. The molecule has 0 aliphatic carbocycles. The van der Waals surface area contributed by atoms with Crippen LogP contribution >= 0.6 is 23.1 Å². The molecule has 1 aliphatic heterocycles. The molecule has 0 spiro atoms. The number of likely N-dealkylation sites (N-methyl/N-ethyl adjacent to an activating group) is 1. The Morgan fingerprint density at radius 2 is 2.27 bits per heavy atom. The van der Waals surface area contributed by atoms with E-state index in [1.165, 1.54) is 15.8 Å². The van der Waals surface area contributed by atoms with Crippen molar-refractivity contribution in [2.45, 2.75) is 37.6 Å². The van der Waals surface area contributed by atoms with Gasteiger partial charge in [0, 0.05) is 13.0 Å². The van der Waals surface area contributed by atoms with Gasteiger partial charge in [-0.2, -0.15) is 0 Å². The highest BCUT2D eigenvalue weighted by atomic mass is 32.2. The Morgan fingerprint density at radius 1 is 1.45 bits per heavy atom. The average Bonchev–Trinajstić information content (AvgIpc) is 2.89. The lowest BCUT2D eigenvalue weighted by Crippen LogP contribution is -3.08. The van der Waals surface area contributed by atoms with Crippen LogP contribution in [0.15, 0.2) is 5.16 Å². The molecule has 0 saturated heterocycles. The highest BCUT2D eigenvalue weighted by Crippen LogP contribution is 2.36. The number of rotatable bonds is 5. The van der Waals surface area contributed by atoms with Crippen molar-refractivity contribution < 1.29 is 10.0 Å². The van der Waals surface area contributed by atoms with E-state index in [1.54, 1.807) is 28.0 Å². The zero-order valence-electron chi connectivity index (χ0n) is 13.3. The van der Waals surface area contributed by atoms with Crippen molar-refractivity contribution in [1.82, 2.24) is 9.97 Å². The van der Waals surface area contributed by atoms with E-state index < -0.39 is 0 Å². The molecule has 1 unspecified atom stereocenters. The van der Waals surface area contributed by atoms with Crippen molar-refractivity contribution in [2.24, 2.45) is 0 Å². The predicted octanol–water partition coefficient (Wildman–Crippen LogP) is 1.17. The molecule has 0 amide bonds. The molecule has 22 heavy (non-hydrogen) atoms. The Labute approximate surface area is 139 Å². The average molecular weight is 340 g/mol. The van der Waals surface area contributed by atoms with Crippen LogP contribution in [0.4, 0.5) is 5.82 Å². The zero-order valence-corrected chi connectivity index (χ0v) is 14.9. The third kappa shape index (κ3) is 3.08. The minimum atomic E-state index is -0.340. The van der Waals surface area contributed by atoms with Crippen LogP contribution in [-0.2, 0) is 13.0 Å². The number of aliphatic hydroxyl groups excluding tert-OH is 1. The Morgan fingerprint density at radius 3 is 3.00 bits per heavy atom. The van der Waals surface area contributed by atoms with E-state index in [1.807, 2.05) is 13.2 Å². The quantitative estimate of drug-likeness (QED) is 0.564. The Balaban J connectivity index is 2.04. The van der Waals surface area contributed by atoms with E-state index in [-0.39, 0.29) is 6.10 Å². The van der Waals surface area contributed by atoms with Gasteiger partial charge >= 0.3 is 0 Å². The number of thioether (sulfide) groups is 1. The molecule has 0 radical (unpaired) electrons. The highest BCUT2D eigenvalue weighted by Gasteiger charge is 2.25. The summed E-state index contributed by atoms with van der Waals surface area (Å²) in [7, 11) is 2.24. The zero-order chi connectivity index (χ0) is 15.7. The SMILES string of the molecule is CC[C@@H](O)CNc1nc(SC)nc2sc3c(c12)CC[NH+](C)C3. The number of hydrogen-bond donors (Lipinski definition) is 3. The van der Waals surface area contributed by atoms with Gasteiger partial charge in [-0.15, -0.1) is 11.3 Å². The number of anilines is 1. The van der Waals surface area contributed by atoms with Gasteiger partial charge in [-0.25, -0.2) is 9.97 Å². The summed E-state index contributed by atoms with van der Waals surface area (Å²) >= 11 is 3.36. The first kappa shape index (κ1) is 16.0. The normalized spacial score (nSPS) is 19.2. The number of aliphatic hydroxyl groups is 1. The molecule has 120 valence electrons. The number of nitrogens with one attached hydrogen (secondary N) is 2. The lowest BCUT2D eigenvalue weighted by Gasteiger charge is -2.19. The lowest BCUT2D eigenvalue weighted by molar-refractivity contribution is -0.895. The van der Waals surface area contributed by atoms with E-state index in [4.69, 9.17) is 4.98 Å². The van der Waals surface area contributed by atoms with Crippen LogP contribution < -0.4 is 10.2 Å². The van der Waals surface area contributed by atoms with Crippen molar-refractivity contribution in [2.75, 3.05) is 31.7 Å². The predicted molar refractivity (Wildman–Crippen MR) is 93.1 cm³/mol. The van der Waals surface area contributed by atoms with E-state index in [2.05, 4.69) is 17.3 Å². The summed E-state index contributed by atoms with van der Waals surface area (Å²) in [5, 5.41) is 15.1. The first-order chi connectivity index (χ1) is 10.6. The molecule has 3 heterocycles. The van der Waals surface area contributed by atoms with Crippen LogP contribution in [-0.4, -0.2) is 47.6 Å². The van der Waals surface area contributed by atoms with Crippen LogP contribution in [0, 0.1) is 0 Å². The molecule has 3 rings (SSSR count). The fraction of sp³-hybridized carbons (Fsp3) is 0.600. The molecule has 5 nitrogen and oxygen atoms in total. The summed E-state index contributed by atoms with van der Waals surface area (Å²) in [6.07, 6.45) is 3.48. The van der Waals surface area contributed by atoms with Gasteiger partial charge in [0.25, 0.3) is 0 Å². The Hall–Kier alpha value is -0.890. The molecule has 0 fully saturated rings. The molecule has 2 aromatic rings. The molecule has 2 atom stereocenters. The summed E-state index contributed by atoms with van der Waals surface area (Å²) < 4.78 is 0. The van der Waals surface area contributed by atoms with Crippen LogP contribution in [0.1, 0.15) is 23.8 Å². The van der Waals surface area contributed by atoms with Gasteiger partial charge in [-0.05, 0) is 18.2 Å². The summed E-state index contributed by atoms with van der Waals surface area (Å²) in [5.41, 5.74) is 1.41. The van der Waals surface area contributed by atoms with Crippen LogP contribution in [0.25, 0.3) is 10.2 Å². The van der Waals surface area contributed by atoms with E-state index >= 15 is 0 Å². The van der Waals surface area contributed by atoms with Gasteiger partial charge in [0.05, 0.1) is 30.0 Å². The molecule has 3 N–H and O–H groups in total. The molecule has 0 saturated carbocycles. The van der Waals surface area contributed by atoms with Crippen LogP contribution in [0.5, 0.6) is 0 Å². The molecule has 1 aliphatic rings. The number of aromatic nitrogens is 2. The third-order valence-electron chi connectivity index (χ3n) is 4.14. The van der Waals surface area contributed by atoms with Crippen molar-refractivity contribution in [3.63, 3.8) is 0 Å². The van der Waals surface area contributed by atoms with Crippen LogP contribution in [0.2, 0.25) is 0 Å². The summed E-state index contributed by atoms with van der Waals surface area (Å²) in [6, 6.07) is 0. The second-order valence-electron chi connectivity index (χ2n) is 5.82. The first-order valence-electron chi connectivity index (χ1n) is 7.71. The van der Waals surface area contributed by atoms with Gasteiger partial charge in [0.2, 0.25) is 0 Å². The Kier molecular flexibility index (Phi) is 4.87. The minimum absolute atomic E-state index is 0.340. The number of quaternary nitrogens is 1. The first-order valence-corrected chi connectivity index (χ1v) is 9.76. The van der Waals surface area contributed by atoms with Crippen LogP contribution in [0.3, 0.4) is 0 Å². The molecule has 2 aromatic heterocycles. The van der Waals surface area contributed by atoms with Crippen molar-refractivity contribution >= 4 is 39.1 Å². The van der Waals surface area contributed by atoms with E-state index in [0.717, 1.165) is 41.7 Å². The summed E-state index contributed by atoms with van der Waals surface area (Å²) in [6.45, 7) is 4.74.